The number of anilines is 2. The second-order valence-electron chi connectivity index (χ2n) is 5.78. The molecule has 0 unspecified atom stereocenters. The van der Waals surface area contributed by atoms with E-state index in [0.717, 1.165) is 12.1 Å². The fourth-order valence-electron chi connectivity index (χ4n) is 2.75. The highest BCUT2D eigenvalue weighted by Gasteiger charge is 2.25. The van der Waals surface area contributed by atoms with E-state index in [4.69, 9.17) is 0 Å². The van der Waals surface area contributed by atoms with Crippen molar-refractivity contribution in [3.05, 3.63) is 59.7 Å². The Hall–Kier alpha value is -2.27. The number of nitrogens with zero attached hydrogens (tertiary/aromatic N) is 1. The molecule has 1 N–H and O–H groups in total. The van der Waals surface area contributed by atoms with Crippen LogP contribution in [-0.2, 0) is 11.2 Å². The van der Waals surface area contributed by atoms with E-state index in [-0.39, 0.29) is 17.1 Å². The highest BCUT2D eigenvalue weighted by Crippen LogP contribution is 2.29. The minimum Gasteiger partial charge on any atom is -0.325 e. The molecule has 2 aromatic rings. The van der Waals surface area contributed by atoms with Gasteiger partial charge in [-0.25, -0.2) is 0 Å². The number of hydrogen-bond acceptors (Lipinski definition) is 3. The van der Waals surface area contributed by atoms with Crippen molar-refractivity contribution in [1.82, 2.24) is 0 Å². The van der Waals surface area contributed by atoms with Gasteiger partial charge in [-0.05, 0) is 55.5 Å². The molecule has 24 heavy (non-hydrogen) atoms. The molecular formula is C19H20N2O2S. The van der Waals surface area contributed by atoms with Crippen LogP contribution in [0.3, 0.4) is 0 Å². The van der Waals surface area contributed by atoms with Gasteiger partial charge in [0.1, 0.15) is 0 Å². The molecule has 1 aliphatic heterocycles. The molecule has 124 valence electrons. The third-order valence-corrected chi connectivity index (χ3v) is 5.18. The first-order chi connectivity index (χ1) is 11.6. The van der Waals surface area contributed by atoms with Crippen LogP contribution in [0.1, 0.15) is 22.8 Å². The van der Waals surface area contributed by atoms with Gasteiger partial charge in [-0.2, -0.15) is 11.8 Å². The fourth-order valence-corrected chi connectivity index (χ4v) is 3.03. The Labute approximate surface area is 146 Å². The summed E-state index contributed by atoms with van der Waals surface area (Å²) in [4.78, 5) is 26.5. The predicted molar refractivity (Wildman–Crippen MR) is 99.9 cm³/mol. The van der Waals surface area contributed by atoms with Gasteiger partial charge < -0.3 is 10.2 Å². The summed E-state index contributed by atoms with van der Waals surface area (Å²) >= 11 is 1.50. The molecule has 2 amide bonds. The van der Waals surface area contributed by atoms with Crippen LogP contribution in [0.15, 0.2) is 48.5 Å². The molecule has 0 bridgehead atoms. The summed E-state index contributed by atoms with van der Waals surface area (Å²) in [7, 11) is 0. The lowest BCUT2D eigenvalue weighted by Crippen LogP contribution is -2.28. The number of fused-ring (bicyclic) bond motifs is 1. The molecule has 0 saturated heterocycles. The number of thioether (sulfide) groups is 1. The highest BCUT2D eigenvalue weighted by atomic mass is 32.2. The SMILES string of the molecule is CS[C@@H](C)C(=O)Nc1ccc(C(=O)N2CCc3ccccc32)cc1. The Morgan fingerprint density at radius 2 is 1.83 bits per heavy atom. The largest absolute Gasteiger partial charge is 0.325 e. The molecule has 2 aromatic carbocycles. The lowest BCUT2D eigenvalue weighted by atomic mass is 10.1. The summed E-state index contributed by atoms with van der Waals surface area (Å²) in [5.41, 5.74) is 3.54. The molecule has 0 aromatic heterocycles. The fraction of sp³-hybridized carbons (Fsp3) is 0.263. The van der Waals surface area contributed by atoms with Gasteiger partial charge in [-0.3, -0.25) is 9.59 Å². The second-order valence-corrected chi connectivity index (χ2v) is 6.96. The second kappa shape index (κ2) is 7.09. The van der Waals surface area contributed by atoms with Crippen LogP contribution >= 0.6 is 11.8 Å². The van der Waals surface area contributed by atoms with Crippen molar-refractivity contribution in [2.24, 2.45) is 0 Å². The maximum Gasteiger partial charge on any atom is 0.258 e. The minimum absolute atomic E-state index is 0.00434. The number of hydrogen-bond donors (Lipinski definition) is 1. The van der Waals surface area contributed by atoms with E-state index >= 15 is 0 Å². The predicted octanol–water partition coefficient (Wildman–Crippen LogP) is 3.58. The molecule has 0 saturated carbocycles. The smallest absolute Gasteiger partial charge is 0.258 e. The number of nitrogens with one attached hydrogen (secondary N) is 1. The van der Waals surface area contributed by atoms with Crippen LogP contribution in [0.4, 0.5) is 11.4 Å². The maximum absolute atomic E-state index is 12.7. The zero-order valence-electron chi connectivity index (χ0n) is 13.8. The molecule has 0 fully saturated rings. The van der Waals surface area contributed by atoms with Crippen LogP contribution in [0.2, 0.25) is 0 Å². The van der Waals surface area contributed by atoms with Gasteiger partial charge in [0.15, 0.2) is 0 Å². The van der Waals surface area contributed by atoms with Gasteiger partial charge in [-0.1, -0.05) is 18.2 Å². The van der Waals surface area contributed by atoms with Gasteiger partial charge >= 0.3 is 0 Å². The number of carbonyl (C=O) groups is 2. The van der Waals surface area contributed by atoms with Crippen molar-refractivity contribution < 1.29 is 9.59 Å². The molecule has 0 radical (unpaired) electrons. The van der Waals surface area contributed by atoms with Crippen LogP contribution < -0.4 is 10.2 Å². The van der Waals surface area contributed by atoms with Crippen LogP contribution in [0.25, 0.3) is 0 Å². The molecule has 0 spiro atoms. The van der Waals surface area contributed by atoms with Crippen molar-refractivity contribution in [3.63, 3.8) is 0 Å². The Kier molecular flexibility index (Phi) is 4.90. The number of amides is 2. The van der Waals surface area contributed by atoms with E-state index in [0.29, 0.717) is 17.8 Å². The van der Waals surface area contributed by atoms with E-state index < -0.39 is 0 Å². The Bertz CT molecular complexity index is 758. The van der Waals surface area contributed by atoms with E-state index in [9.17, 15) is 9.59 Å². The summed E-state index contributed by atoms with van der Waals surface area (Å²) in [6.07, 6.45) is 2.79. The summed E-state index contributed by atoms with van der Waals surface area (Å²) in [6, 6.07) is 15.1. The van der Waals surface area contributed by atoms with Crippen molar-refractivity contribution in [2.45, 2.75) is 18.6 Å². The summed E-state index contributed by atoms with van der Waals surface area (Å²) < 4.78 is 0. The third-order valence-electron chi connectivity index (χ3n) is 4.25. The monoisotopic (exact) mass is 340 g/mol. The normalized spacial score (nSPS) is 14.2. The first-order valence-electron chi connectivity index (χ1n) is 7.93. The molecule has 0 aliphatic carbocycles. The van der Waals surface area contributed by atoms with Gasteiger partial charge in [0.2, 0.25) is 5.91 Å². The average Bonchev–Trinajstić information content (AvgIpc) is 3.05. The molecule has 1 aliphatic rings. The molecular weight excluding hydrogens is 320 g/mol. The third kappa shape index (κ3) is 3.31. The average molecular weight is 340 g/mol. The van der Waals surface area contributed by atoms with Crippen LogP contribution in [0, 0.1) is 0 Å². The van der Waals surface area contributed by atoms with Crippen LogP contribution in [0.5, 0.6) is 0 Å². The number of benzene rings is 2. The van der Waals surface area contributed by atoms with Crippen molar-refractivity contribution in [3.8, 4) is 0 Å². The van der Waals surface area contributed by atoms with E-state index in [1.807, 2.05) is 36.3 Å². The first kappa shape index (κ1) is 16.6. The van der Waals surface area contributed by atoms with E-state index in [1.54, 1.807) is 24.3 Å². The van der Waals surface area contributed by atoms with Crippen molar-refractivity contribution in [2.75, 3.05) is 23.0 Å². The van der Waals surface area contributed by atoms with Crippen molar-refractivity contribution in [1.29, 1.82) is 0 Å². The topological polar surface area (TPSA) is 49.4 Å². The van der Waals surface area contributed by atoms with E-state index in [1.165, 1.54) is 17.3 Å². The minimum atomic E-state index is -0.104. The highest BCUT2D eigenvalue weighted by molar-refractivity contribution is 7.99. The zero-order chi connectivity index (χ0) is 17.1. The van der Waals surface area contributed by atoms with Crippen LogP contribution in [-0.4, -0.2) is 29.9 Å². The Balaban J connectivity index is 1.72. The van der Waals surface area contributed by atoms with Gasteiger partial charge in [0.05, 0.1) is 5.25 Å². The molecule has 1 atom stereocenters. The van der Waals surface area contributed by atoms with Crippen molar-refractivity contribution >= 4 is 35.0 Å². The molecule has 3 rings (SSSR count). The number of carbonyl (C=O) groups excluding carboxylic acids is 2. The zero-order valence-corrected chi connectivity index (χ0v) is 14.6. The van der Waals surface area contributed by atoms with Gasteiger partial charge in [-0.15, -0.1) is 0 Å². The Morgan fingerprint density at radius 3 is 2.54 bits per heavy atom. The van der Waals surface area contributed by atoms with Gasteiger partial charge in [0.25, 0.3) is 5.91 Å². The molecule has 5 heteroatoms. The first-order valence-corrected chi connectivity index (χ1v) is 9.22. The van der Waals surface area contributed by atoms with Gasteiger partial charge in [0, 0.05) is 23.5 Å². The Morgan fingerprint density at radius 1 is 1.12 bits per heavy atom. The quantitative estimate of drug-likeness (QED) is 0.925. The number of rotatable bonds is 4. The molecule has 1 heterocycles. The summed E-state index contributed by atoms with van der Waals surface area (Å²) in [5.74, 6) is -0.0367. The maximum atomic E-state index is 12.7. The summed E-state index contributed by atoms with van der Waals surface area (Å²) in [5, 5.41) is 2.76. The molecule has 4 nitrogen and oxygen atoms in total. The standard InChI is InChI=1S/C19H20N2O2S/c1-13(24-2)18(22)20-16-9-7-15(8-10-16)19(23)21-12-11-14-5-3-4-6-17(14)21/h3-10,13H,11-12H2,1-2H3,(H,20,22)/t13-/m0/s1. The number of para-hydroxylation sites is 1. The summed E-state index contributed by atoms with van der Waals surface area (Å²) in [6.45, 7) is 2.57. The lowest BCUT2D eigenvalue weighted by Gasteiger charge is -2.17. The van der Waals surface area contributed by atoms with E-state index in [2.05, 4.69) is 11.4 Å². The lowest BCUT2D eigenvalue weighted by molar-refractivity contribution is -0.115.